The average molecular weight is 379 g/mol. The number of carbonyl (C=O) groups is 1. The number of aromatic nitrogens is 1. The summed E-state index contributed by atoms with van der Waals surface area (Å²) in [5, 5.41) is 13.1. The van der Waals surface area contributed by atoms with Crippen molar-refractivity contribution >= 4 is 23.0 Å². The number of ether oxygens (including phenoxy) is 1. The monoisotopic (exact) mass is 379 g/mol. The number of nitriles is 1. The van der Waals surface area contributed by atoms with E-state index in [2.05, 4.69) is 11.4 Å². The van der Waals surface area contributed by atoms with Gasteiger partial charge in [0.1, 0.15) is 17.6 Å². The average Bonchev–Trinajstić information content (AvgIpc) is 2.96. The minimum atomic E-state index is -0.452. The topological polar surface area (TPSA) is 67.0 Å². The van der Waals surface area contributed by atoms with E-state index in [4.69, 9.17) is 4.74 Å². The van der Waals surface area contributed by atoms with E-state index in [0.717, 1.165) is 17.3 Å². The fourth-order valence-corrected chi connectivity index (χ4v) is 3.39. The highest BCUT2D eigenvalue weighted by Gasteiger charge is 2.22. The molecule has 0 unspecified atom stereocenters. The maximum atomic E-state index is 14.7. The van der Waals surface area contributed by atoms with E-state index in [0.29, 0.717) is 35.6 Å². The number of rotatable bonds is 7. The molecule has 0 aliphatic carbocycles. The van der Waals surface area contributed by atoms with Gasteiger partial charge in [0, 0.05) is 29.2 Å². The summed E-state index contributed by atoms with van der Waals surface area (Å²) in [6.45, 7) is 6.53. The van der Waals surface area contributed by atoms with Crippen LogP contribution in [0.3, 0.4) is 0 Å². The van der Waals surface area contributed by atoms with Crippen molar-refractivity contribution < 1.29 is 13.9 Å². The smallest absolute Gasteiger partial charge is 0.211 e. The first-order valence-electron chi connectivity index (χ1n) is 9.23. The molecule has 1 N–H and O–H groups in total. The minimum absolute atomic E-state index is 0.0190. The molecule has 5 nitrogen and oxygen atoms in total. The summed E-state index contributed by atoms with van der Waals surface area (Å²) >= 11 is 0. The van der Waals surface area contributed by atoms with Gasteiger partial charge in [0.05, 0.1) is 22.9 Å². The molecule has 1 amide bonds. The Bertz CT molecular complexity index is 1060. The number of aryl methyl sites for hydroxylation is 1. The fraction of sp³-hybridized carbons (Fsp3) is 0.273. The number of hydrogen-bond donors (Lipinski definition) is 1. The molecule has 144 valence electrons. The van der Waals surface area contributed by atoms with Crippen LogP contribution in [-0.4, -0.2) is 17.1 Å². The van der Waals surface area contributed by atoms with Gasteiger partial charge in [0.15, 0.2) is 0 Å². The van der Waals surface area contributed by atoms with Gasteiger partial charge >= 0.3 is 0 Å². The number of halogens is 1. The van der Waals surface area contributed by atoms with Gasteiger partial charge < -0.3 is 14.6 Å². The maximum absolute atomic E-state index is 14.7. The van der Waals surface area contributed by atoms with Crippen LogP contribution in [-0.2, 0) is 11.3 Å². The zero-order valence-electron chi connectivity index (χ0n) is 16.1. The van der Waals surface area contributed by atoms with Gasteiger partial charge in [-0.15, -0.1) is 0 Å². The van der Waals surface area contributed by atoms with E-state index >= 15 is 0 Å². The molecular weight excluding hydrogens is 357 g/mol. The predicted octanol–water partition coefficient (Wildman–Crippen LogP) is 5.08. The van der Waals surface area contributed by atoms with Crippen LogP contribution in [0.2, 0.25) is 0 Å². The first kappa shape index (κ1) is 19.4. The summed E-state index contributed by atoms with van der Waals surface area (Å²) in [5.74, 6) is 0.247. The van der Waals surface area contributed by atoms with Crippen LogP contribution >= 0.6 is 0 Å². The first-order chi connectivity index (χ1) is 13.5. The van der Waals surface area contributed by atoms with Crippen molar-refractivity contribution in [2.75, 3.05) is 5.32 Å². The van der Waals surface area contributed by atoms with Crippen LogP contribution in [0.25, 0.3) is 22.2 Å². The largest absolute Gasteiger partial charge is 0.491 e. The first-order valence-corrected chi connectivity index (χ1v) is 9.23. The van der Waals surface area contributed by atoms with Gasteiger partial charge in [0.2, 0.25) is 6.41 Å². The van der Waals surface area contributed by atoms with Gasteiger partial charge in [-0.1, -0.05) is 6.92 Å². The Morgan fingerprint density at radius 3 is 2.71 bits per heavy atom. The number of hydrogen-bond acceptors (Lipinski definition) is 3. The summed E-state index contributed by atoms with van der Waals surface area (Å²) < 4.78 is 22.5. The lowest BCUT2D eigenvalue weighted by Crippen LogP contribution is -2.06. The molecule has 0 spiro atoms. The highest BCUT2D eigenvalue weighted by molar-refractivity contribution is 5.96. The second kappa shape index (κ2) is 8.13. The third kappa shape index (κ3) is 3.56. The number of benzene rings is 2. The molecule has 0 saturated carbocycles. The Kier molecular flexibility index (Phi) is 5.65. The maximum Gasteiger partial charge on any atom is 0.211 e. The second-order valence-electron chi connectivity index (χ2n) is 6.79. The Morgan fingerprint density at radius 2 is 2.07 bits per heavy atom. The lowest BCUT2D eigenvalue weighted by atomic mass is 10.0. The number of nitrogens with zero attached hydrogens (tertiary/aromatic N) is 2. The van der Waals surface area contributed by atoms with Crippen molar-refractivity contribution in [1.82, 2.24) is 4.57 Å². The normalized spacial score (nSPS) is 10.9. The van der Waals surface area contributed by atoms with E-state index in [9.17, 15) is 14.4 Å². The summed E-state index contributed by atoms with van der Waals surface area (Å²) in [5.41, 5.74) is 2.47. The zero-order chi connectivity index (χ0) is 20.3. The summed E-state index contributed by atoms with van der Waals surface area (Å²) in [4.78, 5) is 10.8. The Balaban J connectivity index is 2.32. The van der Waals surface area contributed by atoms with Crippen LogP contribution in [0.1, 0.15) is 32.8 Å². The van der Waals surface area contributed by atoms with Crippen LogP contribution in [0.5, 0.6) is 5.75 Å². The molecule has 2 aromatic carbocycles. The molecule has 1 aromatic heterocycles. The highest BCUT2D eigenvalue weighted by atomic mass is 19.1. The number of carbonyl (C=O) groups excluding carboxylic acids is 1. The summed E-state index contributed by atoms with van der Waals surface area (Å²) in [6, 6.07) is 12.1. The molecule has 3 rings (SSSR count). The third-order valence-electron chi connectivity index (χ3n) is 4.41. The van der Waals surface area contributed by atoms with E-state index < -0.39 is 5.82 Å². The van der Waals surface area contributed by atoms with Gasteiger partial charge in [0.25, 0.3) is 0 Å². The Morgan fingerprint density at radius 1 is 1.29 bits per heavy atom. The summed E-state index contributed by atoms with van der Waals surface area (Å²) in [6.07, 6.45) is 1.37. The van der Waals surface area contributed by atoms with Gasteiger partial charge in [-0.2, -0.15) is 5.26 Å². The lowest BCUT2D eigenvalue weighted by Gasteiger charge is -2.13. The number of anilines is 1. The molecule has 0 radical (unpaired) electrons. The van der Waals surface area contributed by atoms with Crippen LogP contribution in [0, 0.1) is 17.1 Å². The van der Waals surface area contributed by atoms with Gasteiger partial charge in [-0.05, 0) is 50.6 Å². The third-order valence-corrected chi connectivity index (χ3v) is 4.41. The lowest BCUT2D eigenvalue weighted by molar-refractivity contribution is -0.105. The van der Waals surface area contributed by atoms with E-state index in [1.807, 2.05) is 43.5 Å². The predicted molar refractivity (Wildman–Crippen MR) is 108 cm³/mol. The number of amides is 1. The molecular formula is C22H22FN3O2. The molecule has 6 heteroatoms. The summed E-state index contributed by atoms with van der Waals surface area (Å²) in [7, 11) is 0. The quantitative estimate of drug-likeness (QED) is 0.582. The Hall–Kier alpha value is -3.33. The van der Waals surface area contributed by atoms with Gasteiger partial charge in [-0.25, -0.2) is 4.39 Å². The SMILES string of the molecule is CCCn1c(-c2cc(NC=O)ccc2F)c(C#N)c2ccc(OC(C)C)cc21. The van der Waals surface area contributed by atoms with Crippen molar-refractivity contribution in [3.8, 4) is 23.1 Å². The standard InChI is InChI=1S/C22H22FN3O2/c1-4-9-26-21-11-16(28-14(2)3)6-7-17(21)19(12-24)22(26)18-10-15(25-13-27)5-8-20(18)23/h5-8,10-11,13-14H,4,9H2,1-3H3,(H,25,27). The van der Waals surface area contributed by atoms with Crippen molar-refractivity contribution in [2.45, 2.75) is 39.8 Å². The zero-order valence-corrected chi connectivity index (χ0v) is 16.1. The van der Waals surface area contributed by atoms with E-state index in [1.165, 1.54) is 12.1 Å². The van der Waals surface area contributed by atoms with Crippen molar-refractivity contribution in [3.63, 3.8) is 0 Å². The molecule has 0 fully saturated rings. The van der Waals surface area contributed by atoms with E-state index in [1.54, 1.807) is 6.07 Å². The highest BCUT2D eigenvalue weighted by Crippen LogP contribution is 2.37. The minimum Gasteiger partial charge on any atom is -0.491 e. The van der Waals surface area contributed by atoms with Crippen LogP contribution in [0.15, 0.2) is 36.4 Å². The number of nitrogens with one attached hydrogen (secondary N) is 1. The molecule has 0 bridgehead atoms. The van der Waals surface area contributed by atoms with Crippen molar-refractivity contribution in [2.24, 2.45) is 0 Å². The Labute approximate surface area is 163 Å². The van der Waals surface area contributed by atoms with Crippen molar-refractivity contribution in [3.05, 3.63) is 47.8 Å². The van der Waals surface area contributed by atoms with Crippen LogP contribution < -0.4 is 10.1 Å². The molecule has 0 atom stereocenters. The fourth-order valence-electron chi connectivity index (χ4n) is 3.39. The molecule has 28 heavy (non-hydrogen) atoms. The van der Waals surface area contributed by atoms with Gasteiger partial charge in [-0.3, -0.25) is 4.79 Å². The molecule has 0 saturated heterocycles. The van der Waals surface area contributed by atoms with Crippen molar-refractivity contribution in [1.29, 1.82) is 5.26 Å². The number of fused-ring (bicyclic) bond motifs is 1. The second-order valence-corrected chi connectivity index (χ2v) is 6.79. The van der Waals surface area contributed by atoms with Crippen LogP contribution in [0.4, 0.5) is 10.1 Å². The molecule has 1 heterocycles. The molecule has 3 aromatic rings. The molecule has 0 aliphatic rings. The molecule has 0 aliphatic heterocycles. The van der Waals surface area contributed by atoms with E-state index in [-0.39, 0.29) is 11.7 Å².